The van der Waals surface area contributed by atoms with Crippen molar-refractivity contribution >= 4 is 0 Å². The average molecular weight is 263 g/mol. The molecule has 0 aliphatic carbocycles. The molecule has 1 aliphatic heterocycles. The highest BCUT2D eigenvalue weighted by Gasteiger charge is 2.32. The number of aryl methyl sites for hydroxylation is 2. The first-order valence-electron chi connectivity index (χ1n) is 7.02. The summed E-state index contributed by atoms with van der Waals surface area (Å²) in [6, 6.07) is 4.73. The molecule has 1 heterocycles. The molecule has 3 unspecified atom stereocenters. The first kappa shape index (κ1) is 14.4. The third-order valence-electron chi connectivity index (χ3n) is 4.29. The summed E-state index contributed by atoms with van der Waals surface area (Å²) < 4.78 is 11.1. The molecule has 1 aliphatic rings. The lowest BCUT2D eigenvalue weighted by atomic mass is 9.85. The Bertz CT molecular complexity index is 445. The van der Waals surface area contributed by atoms with E-state index in [0.717, 1.165) is 18.8 Å². The maximum atomic E-state index is 5.72. The Kier molecular flexibility index (Phi) is 4.48. The fourth-order valence-corrected chi connectivity index (χ4v) is 3.15. The van der Waals surface area contributed by atoms with E-state index in [1.54, 1.807) is 7.11 Å². The Labute approximate surface area is 116 Å². The van der Waals surface area contributed by atoms with Crippen LogP contribution in [0.3, 0.4) is 0 Å². The van der Waals surface area contributed by atoms with Gasteiger partial charge in [-0.3, -0.25) is 0 Å². The van der Waals surface area contributed by atoms with E-state index in [0.29, 0.717) is 18.1 Å². The van der Waals surface area contributed by atoms with E-state index in [1.807, 2.05) is 7.05 Å². The zero-order valence-electron chi connectivity index (χ0n) is 12.6. The Hall–Kier alpha value is -1.06. The summed E-state index contributed by atoms with van der Waals surface area (Å²) in [5.74, 6) is 1.50. The van der Waals surface area contributed by atoms with E-state index in [4.69, 9.17) is 9.47 Å². The number of hydrogen-bond donors (Lipinski definition) is 1. The fourth-order valence-electron chi connectivity index (χ4n) is 3.15. The largest absolute Gasteiger partial charge is 0.496 e. The standard InChI is InChI=1S/C16H25NO2/c1-10-9-15(18-5)11(2)8-14(10)16(17-4)13-6-7-19-12(13)3/h8-9,12-13,16-17H,6-7H2,1-5H3. The van der Waals surface area contributed by atoms with Crippen LogP contribution in [0, 0.1) is 19.8 Å². The fraction of sp³-hybridized carbons (Fsp3) is 0.625. The van der Waals surface area contributed by atoms with Crippen molar-refractivity contribution in [2.24, 2.45) is 5.92 Å². The molecule has 0 bridgehead atoms. The maximum absolute atomic E-state index is 5.72. The Morgan fingerprint density at radius 3 is 2.58 bits per heavy atom. The molecule has 19 heavy (non-hydrogen) atoms. The van der Waals surface area contributed by atoms with Gasteiger partial charge in [-0.05, 0) is 57.0 Å². The van der Waals surface area contributed by atoms with Crippen LogP contribution in [0.15, 0.2) is 12.1 Å². The minimum atomic E-state index is 0.319. The first-order chi connectivity index (χ1) is 9.08. The van der Waals surface area contributed by atoms with Crippen molar-refractivity contribution in [2.45, 2.75) is 39.3 Å². The molecule has 3 heteroatoms. The zero-order valence-corrected chi connectivity index (χ0v) is 12.6. The van der Waals surface area contributed by atoms with Gasteiger partial charge < -0.3 is 14.8 Å². The highest BCUT2D eigenvalue weighted by molar-refractivity contribution is 5.43. The number of rotatable bonds is 4. The summed E-state index contributed by atoms with van der Waals surface area (Å²) in [7, 11) is 3.76. The van der Waals surface area contributed by atoms with Gasteiger partial charge in [0, 0.05) is 18.6 Å². The van der Waals surface area contributed by atoms with E-state index in [2.05, 4.69) is 38.2 Å². The number of methoxy groups -OCH3 is 1. The molecule has 106 valence electrons. The van der Waals surface area contributed by atoms with E-state index < -0.39 is 0 Å². The van der Waals surface area contributed by atoms with Crippen LogP contribution < -0.4 is 10.1 Å². The van der Waals surface area contributed by atoms with Crippen LogP contribution in [-0.4, -0.2) is 26.9 Å². The average Bonchev–Trinajstić information content (AvgIpc) is 2.80. The van der Waals surface area contributed by atoms with Crippen molar-refractivity contribution in [3.63, 3.8) is 0 Å². The van der Waals surface area contributed by atoms with Crippen molar-refractivity contribution in [3.8, 4) is 5.75 Å². The lowest BCUT2D eigenvalue weighted by Gasteiger charge is -2.28. The van der Waals surface area contributed by atoms with Crippen LogP contribution in [0.1, 0.15) is 36.1 Å². The monoisotopic (exact) mass is 263 g/mol. The van der Waals surface area contributed by atoms with Crippen LogP contribution in [0.5, 0.6) is 5.75 Å². The number of hydrogen-bond acceptors (Lipinski definition) is 3. The maximum Gasteiger partial charge on any atom is 0.122 e. The van der Waals surface area contributed by atoms with E-state index >= 15 is 0 Å². The minimum Gasteiger partial charge on any atom is -0.496 e. The molecule has 2 rings (SSSR count). The lowest BCUT2D eigenvalue weighted by Crippen LogP contribution is -2.30. The van der Waals surface area contributed by atoms with Crippen molar-refractivity contribution < 1.29 is 9.47 Å². The van der Waals surface area contributed by atoms with Crippen molar-refractivity contribution in [3.05, 3.63) is 28.8 Å². The highest BCUT2D eigenvalue weighted by Crippen LogP contribution is 2.36. The highest BCUT2D eigenvalue weighted by atomic mass is 16.5. The molecule has 1 aromatic carbocycles. The summed E-state index contributed by atoms with van der Waals surface area (Å²) in [5, 5.41) is 3.48. The van der Waals surface area contributed by atoms with Crippen LogP contribution in [0.4, 0.5) is 0 Å². The van der Waals surface area contributed by atoms with Crippen LogP contribution >= 0.6 is 0 Å². The topological polar surface area (TPSA) is 30.5 Å². The quantitative estimate of drug-likeness (QED) is 0.906. The van der Waals surface area contributed by atoms with Crippen molar-refractivity contribution in [2.75, 3.05) is 20.8 Å². The molecule has 0 radical (unpaired) electrons. The molecule has 1 N–H and O–H groups in total. The summed E-state index contributed by atoms with van der Waals surface area (Å²) in [5.41, 5.74) is 3.83. The molecular formula is C16H25NO2. The summed E-state index contributed by atoms with van der Waals surface area (Å²) in [6.07, 6.45) is 1.44. The van der Waals surface area contributed by atoms with Gasteiger partial charge in [0.05, 0.1) is 13.2 Å². The van der Waals surface area contributed by atoms with Crippen LogP contribution in [-0.2, 0) is 4.74 Å². The molecular weight excluding hydrogens is 238 g/mol. The number of benzene rings is 1. The third kappa shape index (κ3) is 2.77. The summed E-state index contributed by atoms with van der Waals surface area (Å²) in [6.45, 7) is 7.30. The second-order valence-corrected chi connectivity index (χ2v) is 5.47. The van der Waals surface area contributed by atoms with Gasteiger partial charge in [-0.1, -0.05) is 6.07 Å². The zero-order chi connectivity index (χ0) is 14.0. The Morgan fingerprint density at radius 2 is 2.05 bits per heavy atom. The van der Waals surface area contributed by atoms with Crippen LogP contribution in [0.25, 0.3) is 0 Å². The second kappa shape index (κ2) is 5.93. The van der Waals surface area contributed by atoms with Gasteiger partial charge in [0.25, 0.3) is 0 Å². The second-order valence-electron chi connectivity index (χ2n) is 5.47. The van der Waals surface area contributed by atoms with Gasteiger partial charge in [-0.25, -0.2) is 0 Å². The third-order valence-corrected chi connectivity index (χ3v) is 4.29. The van der Waals surface area contributed by atoms with Crippen molar-refractivity contribution in [1.29, 1.82) is 0 Å². The summed E-state index contributed by atoms with van der Waals surface area (Å²) in [4.78, 5) is 0. The van der Waals surface area contributed by atoms with Gasteiger partial charge in [0.15, 0.2) is 0 Å². The Balaban J connectivity index is 2.35. The van der Waals surface area contributed by atoms with Gasteiger partial charge in [0.1, 0.15) is 5.75 Å². The van der Waals surface area contributed by atoms with Gasteiger partial charge in [0.2, 0.25) is 0 Å². The molecule has 3 nitrogen and oxygen atoms in total. The number of nitrogens with one attached hydrogen (secondary N) is 1. The summed E-state index contributed by atoms with van der Waals surface area (Å²) >= 11 is 0. The molecule has 3 atom stereocenters. The molecule has 0 amide bonds. The SMILES string of the molecule is CNC(c1cc(C)c(OC)cc1C)C1CCOC1C. The van der Waals surface area contributed by atoms with Crippen molar-refractivity contribution in [1.82, 2.24) is 5.32 Å². The normalized spacial score (nSPS) is 24.5. The smallest absolute Gasteiger partial charge is 0.122 e. The van der Waals surface area contributed by atoms with Gasteiger partial charge in [-0.2, -0.15) is 0 Å². The predicted octanol–water partition coefficient (Wildman–Crippen LogP) is 3.00. The minimum absolute atomic E-state index is 0.319. The molecule has 1 saturated heterocycles. The first-order valence-corrected chi connectivity index (χ1v) is 7.02. The molecule has 1 fully saturated rings. The molecule has 0 saturated carbocycles. The van der Waals surface area contributed by atoms with Gasteiger partial charge >= 0.3 is 0 Å². The number of ether oxygens (including phenoxy) is 2. The Morgan fingerprint density at radius 1 is 1.32 bits per heavy atom. The van der Waals surface area contributed by atoms with E-state index in [9.17, 15) is 0 Å². The van der Waals surface area contributed by atoms with E-state index in [1.165, 1.54) is 16.7 Å². The van der Waals surface area contributed by atoms with Gasteiger partial charge in [-0.15, -0.1) is 0 Å². The molecule has 1 aromatic rings. The predicted molar refractivity (Wildman–Crippen MR) is 77.8 cm³/mol. The van der Waals surface area contributed by atoms with Crippen LogP contribution in [0.2, 0.25) is 0 Å². The van der Waals surface area contributed by atoms with E-state index in [-0.39, 0.29) is 0 Å². The molecule has 0 spiro atoms. The lowest BCUT2D eigenvalue weighted by molar-refractivity contribution is 0.0962. The molecule has 0 aromatic heterocycles.